The number of pyridine rings is 1. The molecule has 55 heavy (non-hydrogen) atoms. The largest absolute Gasteiger partial charge is 0.494 e. The van der Waals surface area contributed by atoms with E-state index in [1.807, 2.05) is 84.9 Å². The van der Waals surface area contributed by atoms with E-state index in [4.69, 9.17) is 14.0 Å². The van der Waals surface area contributed by atoms with Crippen molar-refractivity contribution in [1.29, 1.82) is 0 Å². The van der Waals surface area contributed by atoms with E-state index in [2.05, 4.69) is 30.9 Å². The van der Waals surface area contributed by atoms with Crippen LogP contribution in [0.25, 0.3) is 54.9 Å². The van der Waals surface area contributed by atoms with Crippen LogP contribution in [0.3, 0.4) is 0 Å². The fourth-order valence-corrected chi connectivity index (χ4v) is 7.44. The maximum absolute atomic E-state index is 14.3. The molecule has 0 spiro atoms. The number of para-hydroxylation sites is 1. The van der Waals surface area contributed by atoms with Gasteiger partial charge in [0.05, 0.1) is 12.1 Å². The van der Waals surface area contributed by atoms with Crippen molar-refractivity contribution in [3.8, 4) is 22.8 Å². The van der Waals surface area contributed by atoms with E-state index in [0.717, 1.165) is 27.6 Å². The number of amides is 3. The van der Waals surface area contributed by atoms with Gasteiger partial charge in [-0.15, -0.1) is 0 Å². The van der Waals surface area contributed by atoms with Gasteiger partial charge in [0.15, 0.2) is 11.4 Å². The minimum absolute atomic E-state index is 0.0467. The molecule has 1 aliphatic rings. The van der Waals surface area contributed by atoms with E-state index in [9.17, 15) is 14.7 Å². The van der Waals surface area contributed by atoms with Crippen LogP contribution in [0.15, 0.2) is 131 Å². The molecule has 0 radical (unpaired) electrons. The van der Waals surface area contributed by atoms with Crippen molar-refractivity contribution < 1.29 is 28.7 Å². The lowest BCUT2D eigenvalue weighted by molar-refractivity contribution is -0.128. The van der Waals surface area contributed by atoms with Crippen LogP contribution in [0, 0.1) is 0 Å². The summed E-state index contributed by atoms with van der Waals surface area (Å²) < 4.78 is 17.4. The van der Waals surface area contributed by atoms with E-state index in [1.165, 1.54) is 4.90 Å². The Bertz CT molecular complexity index is 2950. The topological polar surface area (TPSA) is 175 Å². The summed E-state index contributed by atoms with van der Waals surface area (Å²) in [6.45, 7) is 0.193. The maximum Gasteiger partial charge on any atom is 0.325 e. The second kappa shape index (κ2) is 12.5. The first-order valence-corrected chi connectivity index (χ1v) is 17.4. The van der Waals surface area contributed by atoms with E-state index < -0.39 is 17.5 Å². The standard InChI is InChI=1S/C41H28N8O6/c50-38-32-19-30(53-22-25-7-15-34-36(18-25)47-55-45-34)13-10-28(32)21-48(38)23-41(29-11-8-26(9-12-29)31-5-1-3-27-4-2-16-42-37(27)31)39(51)43-40(52)49(41)20-24-6-14-33-35(17-24)46-54-44-33/h1-19,21,50H,20,22-23H2,(H,43,51,52)/t41-/m0/s1. The van der Waals surface area contributed by atoms with E-state index in [-0.39, 0.29) is 25.6 Å². The van der Waals surface area contributed by atoms with Gasteiger partial charge in [0.2, 0.25) is 0 Å². The van der Waals surface area contributed by atoms with Gasteiger partial charge in [-0.25, -0.2) is 14.1 Å². The predicted octanol–water partition coefficient (Wildman–Crippen LogP) is 6.86. The summed E-state index contributed by atoms with van der Waals surface area (Å²) >= 11 is 0. The summed E-state index contributed by atoms with van der Waals surface area (Å²) in [5.41, 5.74) is 5.58. The molecule has 5 heterocycles. The Labute approximate surface area is 310 Å². The number of nitrogens with one attached hydrogen (secondary N) is 1. The first-order chi connectivity index (χ1) is 26.9. The third-order valence-corrected chi connectivity index (χ3v) is 10.2. The first kappa shape index (κ1) is 32.1. The molecule has 10 rings (SSSR count). The Balaban J connectivity index is 1.03. The molecule has 14 nitrogen and oxygen atoms in total. The lowest BCUT2D eigenvalue weighted by atomic mass is 9.86. The number of fused-ring (bicyclic) bond motifs is 4. The maximum atomic E-state index is 14.3. The van der Waals surface area contributed by atoms with Crippen LogP contribution in [-0.2, 0) is 30.0 Å². The molecular weight excluding hydrogens is 701 g/mol. The second-order valence-electron chi connectivity index (χ2n) is 13.5. The van der Waals surface area contributed by atoms with Crippen molar-refractivity contribution in [2.45, 2.75) is 25.2 Å². The van der Waals surface area contributed by atoms with Crippen molar-refractivity contribution in [2.24, 2.45) is 0 Å². The number of aromatic hydroxyl groups is 1. The minimum atomic E-state index is -1.58. The van der Waals surface area contributed by atoms with Gasteiger partial charge in [-0.05, 0) is 91.4 Å². The Morgan fingerprint density at radius 3 is 2.27 bits per heavy atom. The number of nitrogens with zero attached hydrogens (tertiary/aromatic N) is 7. The van der Waals surface area contributed by atoms with Crippen LogP contribution in [0.2, 0.25) is 0 Å². The lowest BCUT2D eigenvalue weighted by Crippen LogP contribution is -2.49. The molecule has 0 aliphatic carbocycles. The van der Waals surface area contributed by atoms with E-state index in [0.29, 0.717) is 49.7 Å². The number of benzene rings is 5. The zero-order chi connectivity index (χ0) is 37.1. The summed E-state index contributed by atoms with van der Waals surface area (Å²) in [5, 5.41) is 32.1. The number of imide groups is 1. The highest BCUT2D eigenvalue weighted by Gasteiger charge is 2.54. The van der Waals surface area contributed by atoms with Crippen molar-refractivity contribution in [3.63, 3.8) is 0 Å². The van der Waals surface area contributed by atoms with Crippen LogP contribution < -0.4 is 10.1 Å². The number of urea groups is 1. The monoisotopic (exact) mass is 728 g/mol. The third-order valence-electron chi connectivity index (χ3n) is 10.2. The quantitative estimate of drug-likeness (QED) is 0.149. The van der Waals surface area contributed by atoms with Gasteiger partial charge < -0.3 is 14.4 Å². The van der Waals surface area contributed by atoms with Crippen molar-refractivity contribution in [1.82, 2.24) is 40.4 Å². The molecule has 0 unspecified atom stereocenters. The van der Waals surface area contributed by atoms with Crippen molar-refractivity contribution in [2.75, 3.05) is 0 Å². The molecule has 2 N–H and O–H groups in total. The average Bonchev–Trinajstić information content (AvgIpc) is 4.00. The molecule has 1 aliphatic heterocycles. The van der Waals surface area contributed by atoms with Crippen LogP contribution in [0.5, 0.6) is 11.6 Å². The lowest BCUT2D eigenvalue weighted by Gasteiger charge is -2.36. The van der Waals surface area contributed by atoms with E-state index in [1.54, 1.807) is 41.2 Å². The van der Waals surface area contributed by atoms with Crippen molar-refractivity contribution >= 4 is 55.7 Å². The summed E-state index contributed by atoms with van der Waals surface area (Å²) in [7, 11) is 0. The van der Waals surface area contributed by atoms with Gasteiger partial charge in [-0.3, -0.25) is 20.0 Å². The van der Waals surface area contributed by atoms with Crippen molar-refractivity contribution in [3.05, 3.63) is 138 Å². The van der Waals surface area contributed by atoms with Gasteiger partial charge >= 0.3 is 6.03 Å². The Kier molecular flexibility index (Phi) is 7.30. The highest BCUT2D eigenvalue weighted by Crippen LogP contribution is 2.41. The predicted molar refractivity (Wildman–Crippen MR) is 199 cm³/mol. The molecule has 9 aromatic rings. The van der Waals surface area contributed by atoms with Gasteiger partial charge in [0.25, 0.3) is 5.91 Å². The third kappa shape index (κ3) is 5.38. The number of hydrogen-bond donors (Lipinski definition) is 2. The number of carbonyl (C=O) groups excluding carboxylic acids is 2. The summed E-state index contributed by atoms with van der Waals surface area (Å²) in [6, 6.07) is 33.1. The number of hydrogen-bond acceptors (Lipinski definition) is 11. The fourth-order valence-electron chi connectivity index (χ4n) is 7.44. The highest BCUT2D eigenvalue weighted by molar-refractivity contribution is 6.07. The van der Waals surface area contributed by atoms with Gasteiger partial charge in [-0.1, -0.05) is 60.7 Å². The molecule has 0 bridgehead atoms. The second-order valence-corrected chi connectivity index (χ2v) is 13.5. The van der Waals surface area contributed by atoms with Crippen LogP contribution in [0.4, 0.5) is 4.79 Å². The molecular formula is C41H28N8O6. The summed E-state index contributed by atoms with van der Waals surface area (Å²) in [5.74, 6) is -0.0856. The van der Waals surface area contributed by atoms with Crippen LogP contribution in [0.1, 0.15) is 16.7 Å². The molecule has 1 fully saturated rings. The smallest absolute Gasteiger partial charge is 0.325 e. The zero-order valence-corrected chi connectivity index (χ0v) is 28.8. The number of rotatable bonds is 9. The number of ether oxygens (including phenoxy) is 1. The van der Waals surface area contributed by atoms with Crippen LogP contribution in [-0.4, -0.2) is 52.1 Å². The normalized spacial score (nSPS) is 15.8. The number of aromatic nitrogens is 6. The SMILES string of the molecule is O=C1NC(=O)[C@](Cn2cc3ccc(OCc4ccc5nonc5c4)cc3c2O)(c2ccc(-c3cccc4cccnc34)cc2)N1Cc1ccc2nonc2c1. The number of carbonyl (C=O) groups is 2. The molecule has 0 saturated carbocycles. The average molecular weight is 729 g/mol. The molecule has 4 aromatic heterocycles. The van der Waals surface area contributed by atoms with Gasteiger partial charge in [0, 0.05) is 40.7 Å². The van der Waals surface area contributed by atoms with Crippen LogP contribution >= 0.6 is 0 Å². The molecule has 268 valence electrons. The summed E-state index contributed by atoms with van der Waals surface area (Å²) in [6.07, 6.45) is 3.52. The molecule has 1 atom stereocenters. The van der Waals surface area contributed by atoms with E-state index >= 15 is 0 Å². The van der Waals surface area contributed by atoms with Gasteiger partial charge in [0.1, 0.15) is 34.4 Å². The minimum Gasteiger partial charge on any atom is -0.494 e. The zero-order valence-electron chi connectivity index (χ0n) is 28.8. The molecule has 3 amide bonds. The Morgan fingerprint density at radius 2 is 1.47 bits per heavy atom. The van der Waals surface area contributed by atoms with Gasteiger partial charge in [-0.2, -0.15) is 0 Å². The first-order valence-electron chi connectivity index (χ1n) is 17.4. The molecule has 1 saturated heterocycles. The molecule has 5 aromatic carbocycles. The summed E-state index contributed by atoms with van der Waals surface area (Å²) in [4.78, 5) is 34.2. The highest BCUT2D eigenvalue weighted by atomic mass is 16.6. The Hall–Kier alpha value is -7.61. The Morgan fingerprint density at radius 1 is 0.745 bits per heavy atom. The molecule has 14 heteroatoms. The fraction of sp³-hybridized carbons (Fsp3) is 0.0976.